The van der Waals surface area contributed by atoms with Gasteiger partial charge in [0, 0.05) is 28.3 Å². The molecule has 8 nitrogen and oxygen atoms in total. The smallest absolute Gasteiger partial charge is 0.294 e. The Hall–Kier alpha value is -4.07. The third-order valence-electron chi connectivity index (χ3n) is 5.73. The number of carbonyl (C=O) groups is 2. The molecule has 1 N–H and O–H groups in total. The number of nitrogens with zero attached hydrogens (tertiary/aromatic N) is 2. The molecule has 0 aliphatic carbocycles. The molecular weight excluding hydrogens is 424 g/mol. The quantitative estimate of drug-likeness (QED) is 0.626. The van der Waals surface area contributed by atoms with Gasteiger partial charge >= 0.3 is 0 Å². The molecule has 8 heteroatoms. The summed E-state index contributed by atoms with van der Waals surface area (Å²) in [6, 6.07) is 13.2. The minimum atomic E-state index is -0.876. The molecule has 3 heterocycles. The predicted molar refractivity (Wildman–Crippen MR) is 119 cm³/mol. The van der Waals surface area contributed by atoms with Gasteiger partial charge in [0.2, 0.25) is 6.79 Å². The van der Waals surface area contributed by atoms with E-state index in [1.54, 1.807) is 69.3 Å². The Morgan fingerprint density at radius 1 is 1.09 bits per heavy atom. The van der Waals surface area contributed by atoms with Crippen LogP contribution in [-0.2, 0) is 9.59 Å². The van der Waals surface area contributed by atoms with Crippen molar-refractivity contribution in [1.82, 2.24) is 5.16 Å². The molecule has 2 aliphatic heterocycles. The SMILES string of the molecule is CC(C)(C)C(=O)C1=C(O)C(=O)N(c2ccc(-c3ccon3)cc2)C1c1cccc2c1OCO2. The van der Waals surface area contributed by atoms with E-state index in [9.17, 15) is 14.7 Å². The molecule has 0 saturated carbocycles. The zero-order chi connectivity index (χ0) is 23.3. The first-order chi connectivity index (χ1) is 15.8. The standard InChI is InChI=1S/C25H22N2O6/c1-25(2,3)23(29)19-20(16-5-4-6-18-22(16)32-13-31-18)27(24(30)21(19)28)15-9-7-14(8-10-15)17-11-12-33-26-17/h4-12,20,28H,13H2,1-3H3. The molecule has 1 aromatic heterocycles. The fourth-order valence-corrected chi connectivity index (χ4v) is 4.12. The monoisotopic (exact) mass is 446 g/mol. The second-order valence-corrected chi connectivity index (χ2v) is 8.93. The van der Waals surface area contributed by atoms with Gasteiger partial charge in [0.1, 0.15) is 12.0 Å². The maximum absolute atomic E-state index is 13.4. The number of para-hydroxylation sites is 1. The molecule has 1 amide bonds. The van der Waals surface area contributed by atoms with Crippen molar-refractivity contribution in [1.29, 1.82) is 0 Å². The van der Waals surface area contributed by atoms with E-state index in [1.807, 2.05) is 0 Å². The Labute approximate surface area is 190 Å². The molecule has 33 heavy (non-hydrogen) atoms. The highest BCUT2D eigenvalue weighted by molar-refractivity contribution is 6.17. The Bertz CT molecular complexity index is 1270. The number of hydrogen-bond donors (Lipinski definition) is 1. The number of aliphatic hydroxyl groups is 1. The van der Waals surface area contributed by atoms with E-state index in [4.69, 9.17) is 14.0 Å². The van der Waals surface area contributed by atoms with Gasteiger partial charge in [-0.15, -0.1) is 0 Å². The topological polar surface area (TPSA) is 102 Å². The number of Topliss-reactive ketones (excluding diaryl/α,β-unsaturated/α-hetero) is 1. The molecule has 1 unspecified atom stereocenters. The van der Waals surface area contributed by atoms with Crippen LogP contribution in [0.1, 0.15) is 32.4 Å². The van der Waals surface area contributed by atoms with Crippen molar-refractivity contribution in [2.24, 2.45) is 5.41 Å². The predicted octanol–water partition coefficient (Wildman–Crippen LogP) is 4.59. The van der Waals surface area contributed by atoms with Crippen LogP contribution in [0.15, 0.2) is 70.6 Å². The average Bonchev–Trinajstić information content (AvgIpc) is 3.53. The lowest BCUT2D eigenvalue weighted by molar-refractivity contribution is -0.123. The van der Waals surface area contributed by atoms with E-state index < -0.39 is 23.1 Å². The highest BCUT2D eigenvalue weighted by Crippen LogP contribution is 2.49. The third kappa shape index (κ3) is 3.34. The summed E-state index contributed by atoms with van der Waals surface area (Å²) in [6.07, 6.45) is 1.48. The van der Waals surface area contributed by atoms with E-state index in [2.05, 4.69) is 5.16 Å². The summed E-state index contributed by atoms with van der Waals surface area (Å²) in [5.41, 5.74) is 1.76. The molecule has 2 aromatic carbocycles. The van der Waals surface area contributed by atoms with Crippen molar-refractivity contribution in [3.8, 4) is 22.8 Å². The number of rotatable bonds is 4. The summed E-state index contributed by atoms with van der Waals surface area (Å²) in [7, 11) is 0. The Morgan fingerprint density at radius 3 is 2.52 bits per heavy atom. The molecule has 0 radical (unpaired) electrons. The number of benzene rings is 2. The summed E-state index contributed by atoms with van der Waals surface area (Å²) in [5.74, 6) is -0.560. The minimum absolute atomic E-state index is 0.0389. The van der Waals surface area contributed by atoms with Crippen molar-refractivity contribution < 1.29 is 28.7 Å². The number of hydrogen-bond acceptors (Lipinski definition) is 7. The molecule has 0 bridgehead atoms. The number of anilines is 1. The molecule has 2 aliphatic rings. The van der Waals surface area contributed by atoms with Gasteiger partial charge in [0.05, 0.1) is 11.6 Å². The highest BCUT2D eigenvalue weighted by atomic mass is 16.7. The van der Waals surface area contributed by atoms with E-state index in [-0.39, 0.29) is 18.1 Å². The van der Waals surface area contributed by atoms with Crippen molar-refractivity contribution in [3.63, 3.8) is 0 Å². The zero-order valence-electron chi connectivity index (χ0n) is 18.4. The zero-order valence-corrected chi connectivity index (χ0v) is 18.4. The summed E-state index contributed by atoms with van der Waals surface area (Å²) in [4.78, 5) is 28.1. The van der Waals surface area contributed by atoms with Crippen molar-refractivity contribution in [2.75, 3.05) is 11.7 Å². The van der Waals surface area contributed by atoms with Crippen LogP contribution >= 0.6 is 0 Å². The molecular formula is C25H22N2O6. The summed E-state index contributed by atoms with van der Waals surface area (Å²) < 4.78 is 16.1. The van der Waals surface area contributed by atoms with E-state index >= 15 is 0 Å². The van der Waals surface area contributed by atoms with Crippen LogP contribution in [0.4, 0.5) is 5.69 Å². The number of ketones is 1. The molecule has 1 atom stereocenters. The number of amides is 1. The lowest BCUT2D eigenvalue weighted by Gasteiger charge is -2.29. The Balaban J connectivity index is 1.65. The maximum atomic E-state index is 13.4. The minimum Gasteiger partial charge on any atom is -0.503 e. The van der Waals surface area contributed by atoms with Gasteiger partial charge in [-0.05, 0) is 18.2 Å². The van der Waals surface area contributed by atoms with Crippen LogP contribution in [0.3, 0.4) is 0 Å². The Morgan fingerprint density at radius 2 is 1.85 bits per heavy atom. The van der Waals surface area contributed by atoms with Crippen LogP contribution in [0.25, 0.3) is 11.3 Å². The largest absolute Gasteiger partial charge is 0.503 e. The normalized spacial score (nSPS) is 17.7. The van der Waals surface area contributed by atoms with E-state index in [1.165, 1.54) is 11.2 Å². The van der Waals surface area contributed by atoms with Crippen molar-refractivity contribution in [3.05, 3.63) is 71.7 Å². The molecule has 5 rings (SSSR count). The second-order valence-electron chi connectivity index (χ2n) is 8.93. The van der Waals surface area contributed by atoms with Crippen molar-refractivity contribution in [2.45, 2.75) is 26.8 Å². The number of aromatic nitrogens is 1. The van der Waals surface area contributed by atoms with Gasteiger partial charge in [-0.3, -0.25) is 14.5 Å². The summed E-state index contributed by atoms with van der Waals surface area (Å²) >= 11 is 0. The fourth-order valence-electron chi connectivity index (χ4n) is 4.12. The van der Waals surface area contributed by atoms with Crippen molar-refractivity contribution >= 4 is 17.4 Å². The average molecular weight is 446 g/mol. The fraction of sp³-hybridized carbons (Fsp3) is 0.240. The maximum Gasteiger partial charge on any atom is 0.294 e. The molecule has 3 aromatic rings. The van der Waals surface area contributed by atoms with Gasteiger partial charge in [-0.1, -0.05) is 50.2 Å². The molecule has 0 saturated heterocycles. The van der Waals surface area contributed by atoms with Crippen LogP contribution in [0.5, 0.6) is 11.5 Å². The van der Waals surface area contributed by atoms with Crippen LogP contribution in [0, 0.1) is 5.41 Å². The number of aliphatic hydroxyl groups excluding tert-OH is 1. The first-order valence-corrected chi connectivity index (χ1v) is 10.5. The summed E-state index contributed by atoms with van der Waals surface area (Å²) in [6.45, 7) is 5.29. The molecule has 0 fully saturated rings. The van der Waals surface area contributed by atoms with Gasteiger partial charge in [0.25, 0.3) is 5.91 Å². The first-order valence-electron chi connectivity index (χ1n) is 10.5. The van der Waals surface area contributed by atoms with Crippen LogP contribution in [-0.4, -0.2) is 28.7 Å². The third-order valence-corrected chi connectivity index (χ3v) is 5.73. The van der Waals surface area contributed by atoms with Gasteiger partial charge < -0.3 is 19.1 Å². The molecule has 0 spiro atoms. The van der Waals surface area contributed by atoms with Crippen LogP contribution in [0.2, 0.25) is 0 Å². The first kappa shape index (κ1) is 20.8. The van der Waals surface area contributed by atoms with Gasteiger partial charge in [-0.25, -0.2) is 0 Å². The Kier molecular flexibility index (Phi) is 4.74. The lowest BCUT2D eigenvalue weighted by atomic mass is 9.82. The van der Waals surface area contributed by atoms with Crippen LogP contribution < -0.4 is 14.4 Å². The lowest BCUT2D eigenvalue weighted by Crippen LogP contribution is -2.33. The number of ether oxygens (including phenoxy) is 2. The highest BCUT2D eigenvalue weighted by Gasteiger charge is 2.48. The molecule has 168 valence electrons. The van der Waals surface area contributed by atoms with E-state index in [0.29, 0.717) is 28.4 Å². The summed E-state index contributed by atoms with van der Waals surface area (Å²) in [5, 5.41) is 14.8. The second kappa shape index (κ2) is 7.51. The van der Waals surface area contributed by atoms with Gasteiger partial charge in [-0.2, -0.15) is 0 Å². The number of carbonyl (C=O) groups excluding carboxylic acids is 2. The van der Waals surface area contributed by atoms with Gasteiger partial charge in [0.15, 0.2) is 23.0 Å². The number of fused-ring (bicyclic) bond motifs is 1. The van der Waals surface area contributed by atoms with E-state index in [0.717, 1.165) is 5.56 Å².